The van der Waals surface area contributed by atoms with Gasteiger partial charge in [-0.2, -0.15) is 13.2 Å². The molecule has 114 valence electrons. The van der Waals surface area contributed by atoms with Gasteiger partial charge in [0.05, 0.1) is 5.56 Å². The lowest BCUT2D eigenvalue weighted by molar-refractivity contribution is -0.137. The van der Waals surface area contributed by atoms with Crippen molar-refractivity contribution in [1.29, 1.82) is 0 Å². The molecule has 1 aliphatic carbocycles. The number of benzene rings is 1. The minimum absolute atomic E-state index is 0. The van der Waals surface area contributed by atoms with E-state index >= 15 is 0 Å². The normalized spacial score (nSPS) is 18.4. The van der Waals surface area contributed by atoms with Gasteiger partial charge >= 0.3 is 6.18 Å². The van der Waals surface area contributed by atoms with Crippen LogP contribution in [0, 0.1) is 5.92 Å². The zero-order chi connectivity index (χ0) is 14.0. The van der Waals surface area contributed by atoms with E-state index in [0.29, 0.717) is 0 Å². The van der Waals surface area contributed by atoms with Gasteiger partial charge in [-0.15, -0.1) is 12.4 Å². The fraction of sp³-hybridized carbons (Fsp3) is 0.571. The van der Waals surface area contributed by atoms with Crippen molar-refractivity contribution in [2.45, 2.75) is 44.3 Å². The van der Waals surface area contributed by atoms with E-state index in [0.717, 1.165) is 50.3 Å². The van der Waals surface area contributed by atoms with Crippen LogP contribution in [-0.4, -0.2) is 5.11 Å². The van der Waals surface area contributed by atoms with Crippen LogP contribution in [0.25, 0.3) is 0 Å². The van der Waals surface area contributed by atoms with Crippen LogP contribution in [0.15, 0.2) is 18.2 Å². The van der Waals surface area contributed by atoms with Crippen molar-refractivity contribution in [2.75, 3.05) is 0 Å². The van der Waals surface area contributed by atoms with E-state index < -0.39 is 17.8 Å². The highest BCUT2D eigenvalue weighted by Crippen LogP contribution is 2.39. The van der Waals surface area contributed by atoms with Gasteiger partial charge in [0.25, 0.3) is 0 Å². The van der Waals surface area contributed by atoms with Gasteiger partial charge in [0.1, 0.15) is 5.75 Å². The number of halogens is 4. The van der Waals surface area contributed by atoms with Crippen molar-refractivity contribution in [3.63, 3.8) is 0 Å². The molecule has 1 fully saturated rings. The summed E-state index contributed by atoms with van der Waals surface area (Å²) in [6.45, 7) is 0. The van der Waals surface area contributed by atoms with Crippen molar-refractivity contribution in [2.24, 2.45) is 11.7 Å². The van der Waals surface area contributed by atoms with Gasteiger partial charge < -0.3 is 10.8 Å². The molecule has 0 aromatic heterocycles. The molecule has 0 spiro atoms. The lowest BCUT2D eigenvalue weighted by Gasteiger charge is -2.28. The highest BCUT2D eigenvalue weighted by atomic mass is 35.5. The van der Waals surface area contributed by atoms with E-state index in [9.17, 15) is 18.3 Å². The number of hydrogen-bond donors (Lipinski definition) is 2. The summed E-state index contributed by atoms with van der Waals surface area (Å²) in [6.07, 6.45) is 0.677. The molecule has 0 amide bonds. The summed E-state index contributed by atoms with van der Waals surface area (Å²) in [7, 11) is 0. The Morgan fingerprint density at radius 3 is 2.30 bits per heavy atom. The molecule has 2 nitrogen and oxygen atoms in total. The molecule has 6 heteroatoms. The zero-order valence-electron chi connectivity index (χ0n) is 11.0. The van der Waals surface area contributed by atoms with Gasteiger partial charge in [-0.05, 0) is 37.0 Å². The minimum atomic E-state index is -4.41. The molecule has 0 bridgehead atoms. The van der Waals surface area contributed by atoms with Crippen molar-refractivity contribution >= 4 is 12.4 Å². The molecule has 1 atom stereocenters. The molecule has 1 aliphatic rings. The molecule has 0 aliphatic heterocycles. The maximum absolute atomic E-state index is 12.7. The Kier molecular flexibility index (Phi) is 5.71. The first-order chi connectivity index (χ1) is 8.89. The van der Waals surface area contributed by atoms with Crippen LogP contribution in [0.5, 0.6) is 5.75 Å². The van der Waals surface area contributed by atoms with E-state index in [1.54, 1.807) is 0 Å². The molecule has 0 heterocycles. The molecular weight excluding hydrogens is 291 g/mol. The van der Waals surface area contributed by atoms with Crippen LogP contribution in [0.2, 0.25) is 0 Å². The Labute approximate surface area is 122 Å². The third-order valence-electron chi connectivity index (χ3n) is 3.87. The summed E-state index contributed by atoms with van der Waals surface area (Å²) in [4.78, 5) is 0. The van der Waals surface area contributed by atoms with Crippen LogP contribution in [0.1, 0.15) is 49.3 Å². The van der Waals surface area contributed by atoms with E-state index in [1.807, 2.05) is 0 Å². The number of hydrogen-bond acceptors (Lipinski definition) is 2. The fourth-order valence-corrected chi connectivity index (χ4v) is 2.75. The van der Waals surface area contributed by atoms with Gasteiger partial charge in [0.2, 0.25) is 0 Å². The van der Waals surface area contributed by atoms with Crippen molar-refractivity contribution in [3.05, 3.63) is 29.3 Å². The van der Waals surface area contributed by atoms with Crippen LogP contribution >= 0.6 is 12.4 Å². The smallest absolute Gasteiger partial charge is 0.416 e. The number of alkyl halides is 3. The molecule has 20 heavy (non-hydrogen) atoms. The molecule has 1 aromatic rings. The maximum atomic E-state index is 12.7. The number of phenolic OH excluding ortho intramolecular Hbond substituents is 1. The summed E-state index contributed by atoms with van der Waals surface area (Å²) in [5, 5.41) is 9.75. The quantitative estimate of drug-likeness (QED) is 0.850. The topological polar surface area (TPSA) is 46.2 Å². The molecule has 0 unspecified atom stereocenters. The van der Waals surface area contributed by atoms with Gasteiger partial charge in [0, 0.05) is 11.6 Å². The summed E-state index contributed by atoms with van der Waals surface area (Å²) >= 11 is 0. The largest absolute Gasteiger partial charge is 0.508 e. The van der Waals surface area contributed by atoms with E-state index in [1.165, 1.54) is 0 Å². The predicted octanol–water partition coefficient (Wildman–Crippen LogP) is 4.41. The van der Waals surface area contributed by atoms with Crippen molar-refractivity contribution in [3.8, 4) is 5.75 Å². The van der Waals surface area contributed by atoms with E-state index in [-0.39, 0.29) is 29.6 Å². The second-order valence-electron chi connectivity index (χ2n) is 5.20. The maximum Gasteiger partial charge on any atom is 0.416 e. The predicted molar refractivity (Wildman–Crippen MR) is 73.9 cm³/mol. The van der Waals surface area contributed by atoms with E-state index in [2.05, 4.69) is 0 Å². The highest BCUT2D eigenvalue weighted by molar-refractivity contribution is 5.85. The Bertz CT molecular complexity index is 445. The molecule has 1 aromatic carbocycles. The van der Waals surface area contributed by atoms with Crippen molar-refractivity contribution < 1.29 is 18.3 Å². The van der Waals surface area contributed by atoms with E-state index in [4.69, 9.17) is 5.73 Å². The number of phenols is 1. The molecule has 0 saturated heterocycles. The van der Waals surface area contributed by atoms with Gasteiger partial charge in [-0.25, -0.2) is 0 Å². The van der Waals surface area contributed by atoms with Crippen LogP contribution < -0.4 is 5.73 Å². The Morgan fingerprint density at radius 1 is 1.15 bits per heavy atom. The molecule has 0 radical (unpaired) electrons. The van der Waals surface area contributed by atoms with Gasteiger partial charge in [-0.3, -0.25) is 0 Å². The lowest BCUT2D eigenvalue weighted by atomic mass is 9.81. The molecular formula is C14H19ClF3NO. The highest BCUT2D eigenvalue weighted by Gasteiger charge is 2.32. The summed E-state index contributed by atoms with van der Waals surface area (Å²) in [5.74, 6) is 0.00853. The second-order valence-corrected chi connectivity index (χ2v) is 5.20. The third-order valence-corrected chi connectivity index (χ3v) is 3.87. The standard InChI is InChI=1S/C14H18F3NO.ClH/c15-14(16,17)10-6-7-12(19)11(8-10)13(18)9-4-2-1-3-5-9;/h6-9,13,19H,1-5,18H2;1H/t13-;/m0./s1. The Balaban J connectivity index is 0.00000200. The SMILES string of the molecule is Cl.N[C@H](c1cc(C(F)(F)F)ccc1O)C1CCCCC1. The third kappa shape index (κ3) is 3.79. The lowest BCUT2D eigenvalue weighted by Crippen LogP contribution is -2.24. The number of rotatable bonds is 2. The number of nitrogens with two attached hydrogens (primary N) is 1. The first-order valence-electron chi connectivity index (χ1n) is 6.55. The molecule has 1 saturated carbocycles. The first-order valence-corrected chi connectivity index (χ1v) is 6.55. The minimum Gasteiger partial charge on any atom is -0.508 e. The molecule has 2 rings (SSSR count). The average molecular weight is 310 g/mol. The monoisotopic (exact) mass is 309 g/mol. The summed E-state index contributed by atoms with van der Waals surface area (Å²) < 4.78 is 38.0. The summed E-state index contributed by atoms with van der Waals surface area (Å²) in [5.41, 5.74) is 5.51. The number of aromatic hydroxyl groups is 1. The summed E-state index contributed by atoms with van der Waals surface area (Å²) in [6, 6.07) is 2.42. The van der Waals surface area contributed by atoms with Crippen LogP contribution in [0.4, 0.5) is 13.2 Å². The van der Waals surface area contributed by atoms with Gasteiger partial charge in [-0.1, -0.05) is 19.3 Å². The van der Waals surface area contributed by atoms with Crippen LogP contribution in [0.3, 0.4) is 0 Å². The fourth-order valence-electron chi connectivity index (χ4n) is 2.75. The molecule has 3 N–H and O–H groups in total. The second kappa shape index (κ2) is 6.68. The van der Waals surface area contributed by atoms with Crippen molar-refractivity contribution in [1.82, 2.24) is 0 Å². The van der Waals surface area contributed by atoms with Gasteiger partial charge in [0.15, 0.2) is 0 Å². The Hall–Kier alpha value is -0.940. The average Bonchev–Trinajstić information content (AvgIpc) is 2.38. The zero-order valence-corrected chi connectivity index (χ0v) is 11.8. The van der Waals surface area contributed by atoms with Crippen LogP contribution in [-0.2, 0) is 6.18 Å². The Morgan fingerprint density at radius 2 is 1.75 bits per heavy atom. The first kappa shape index (κ1) is 17.1.